The molecule has 5 nitrogen and oxygen atoms in total. The lowest BCUT2D eigenvalue weighted by molar-refractivity contribution is -0.147. The predicted molar refractivity (Wildman–Crippen MR) is 82.0 cm³/mol. The van der Waals surface area contributed by atoms with Gasteiger partial charge < -0.3 is 9.47 Å². The minimum Gasteiger partial charge on any atom is -0.468 e. The third-order valence-electron chi connectivity index (χ3n) is 4.47. The standard InChI is InChI=1S/C16H30N2O3/c1-16(2,3)21-12-17-10-7-13(8-11-17)18-9-5-6-14(18)15(19)20-4/h13-14H,5-12H2,1-4H3. The van der Waals surface area contributed by atoms with Crippen LogP contribution in [0.4, 0.5) is 0 Å². The minimum atomic E-state index is -0.0816. The normalized spacial score (nSPS) is 26.2. The van der Waals surface area contributed by atoms with E-state index in [0.717, 1.165) is 45.3 Å². The lowest BCUT2D eigenvalue weighted by Gasteiger charge is -2.39. The molecule has 2 fully saturated rings. The number of likely N-dealkylation sites (tertiary alicyclic amines) is 2. The van der Waals surface area contributed by atoms with Gasteiger partial charge in [0.1, 0.15) is 6.04 Å². The summed E-state index contributed by atoms with van der Waals surface area (Å²) in [6, 6.07) is 0.500. The smallest absolute Gasteiger partial charge is 0.323 e. The Balaban J connectivity index is 1.79. The maximum Gasteiger partial charge on any atom is 0.323 e. The first-order valence-electron chi connectivity index (χ1n) is 8.10. The highest BCUT2D eigenvalue weighted by Crippen LogP contribution is 2.26. The summed E-state index contributed by atoms with van der Waals surface area (Å²) in [7, 11) is 1.49. The molecule has 2 heterocycles. The molecule has 2 aliphatic rings. The van der Waals surface area contributed by atoms with Crippen molar-refractivity contribution >= 4 is 5.97 Å². The Labute approximate surface area is 128 Å². The number of ether oxygens (including phenoxy) is 2. The zero-order valence-electron chi connectivity index (χ0n) is 13.9. The lowest BCUT2D eigenvalue weighted by atomic mass is 10.0. The van der Waals surface area contributed by atoms with Crippen molar-refractivity contribution in [1.29, 1.82) is 0 Å². The fourth-order valence-corrected chi connectivity index (χ4v) is 3.28. The van der Waals surface area contributed by atoms with Crippen LogP contribution in [0.1, 0.15) is 46.5 Å². The third kappa shape index (κ3) is 4.66. The zero-order valence-corrected chi connectivity index (χ0v) is 13.9. The van der Waals surface area contributed by atoms with Crippen molar-refractivity contribution in [3.8, 4) is 0 Å². The van der Waals surface area contributed by atoms with E-state index in [-0.39, 0.29) is 17.6 Å². The van der Waals surface area contributed by atoms with Crippen molar-refractivity contribution in [2.75, 3.05) is 33.5 Å². The molecule has 2 saturated heterocycles. The van der Waals surface area contributed by atoms with Gasteiger partial charge in [-0.15, -0.1) is 0 Å². The molecule has 0 saturated carbocycles. The Morgan fingerprint density at radius 2 is 1.81 bits per heavy atom. The highest BCUT2D eigenvalue weighted by Gasteiger charge is 2.37. The van der Waals surface area contributed by atoms with Gasteiger partial charge in [-0.25, -0.2) is 0 Å². The fraction of sp³-hybridized carbons (Fsp3) is 0.938. The monoisotopic (exact) mass is 298 g/mol. The molecule has 0 aromatic carbocycles. The highest BCUT2D eigenvalue weighted by atomic mass is 16.5. The Morgan fingerprint density at radius 1 is 1.14 bits per heavy atom. The molecule has 122 valence electrons. The molecule has 1 unspecified atom stereocenters. The number of piperidine rings is 1. The van der Waals surface area contributed by atoms with Crippen LogP contribution in [0.2, 0.25) is 0 Å². The Morgan fingerprint density at radius 3 is 2.38 bits per heavy atom. The predicted octanol–water partition coefficient (Wildman–Crippen LogP) is 1.86. The van der Waals surface area contributed by atoms with Crippen LogP contribution in [0.15, 0.2) is 0 Å². The van der Waals surface area contributed by atoms with Crippen LogP contribution >= 0.6 is 0 Å². The van der Waals surface area contributed by atoms with Gasteiger partial charge in [0.2, 0.25) is 0 Å². The molecule has 1 atom stereocenters. The molecular formula is C16H30N2O3. The summed E-state index contributed by atoms with van der Waals surface area (Å²) < 4.78 is 10.8. The van der Waals surface area contributed by atoms with Gasteiger partial charge in [-0.3, -0.25) is 14.6 Å². The van der Waals surface area contributed by atoms with Crippen molar-refractivity contribution in [2.24, 2.45) is 0 Å². The fourth-order valence-electron chi connectivity index (χ4n) is 3.28. The number of hydrogen-bond donors (Lipinski definition) is 0. The van der Waals surface area contributed by atoms with E-state index >= 15 is 0 Å². The van der Waals surface area contributed by atoms with Crippen LogP contribution in [0, 0.1) is 0 Å². The van der Waals surface area contributed by atoms with E-state index in [1.807, 2.05) is 0 Å². The number of rotatable bonds is 4. The van der Waals surface area contributed by atoms with E-state index in [9.17, 15) is 4.79 Å². The summed E-state index contributed by atoms with van der Waals surface area (Å²) in [5.74, 6) is -0.0639. The van der Waals surface area contributed by atoms with Crippen LogP contribution < -0.4 is 0 Å². The lowest BCUT2D eigenvalue weighted by Crippen LogP contribution is -2.49. The van der Waals surface area contributed by atoms with Crippen molar-refractivity contribution in [1.82, 2.24) is 9.80 Å². The van der Waals surface area contributed by atoms with Gasteiger partial charge in [-0.2, -0.15) is 0 Å². The highest BCUT2D eigenvalue weighted by molar-refractivity contribution is 5.76. The molecule has 2 aliphatic heterocycles. The van der Waals surface area contributed by atoms with Gasteiger partial charge in [-0.05, 0) is 53.0 Å². The first-order valence-corrected chi connectivity index (χ1v) is 8.10. The van der Waals surface area contributed by atoms with Gasteiger partial charge in [0.15, 0.2) is 0 Å². The third-order valence-corrected chi connectivity index (χ3v) is 4.47. The van der Waals surface area contributed by atoms with E-state index in [1.165, 1.54) is 7.11 Å². The van der Waals surface area contributed by atoms with Crippen molar-refractivity contribution in [2.45, 2.75) is 64.1 Å². The second kappa shape index (κ2) is 7.07. The van der Waals surface area contributed by atoms with Crippen LogP contribution in [-0.2, 0) is 14.3 Å². The summed E-state index contributed by atoms with van der Waals surface area (Å²) in [4.78, 5) is 16.6. The SMILES string of the molecule is COC(=O)C1CCCN1C1CCN(COC(C)(C)C)CC1. The summed E-state index contributed by atoms with van der Waals surface area (Å²) in [5.41, 5.74) is -0.0816. The molecule has 0 bridgehead atoms. The second-order valence-corrected chi connectivity index (χ2v) is 7.15. The Kier molecular flexibility index (Phi) is 5.63. The van der Waals surface area contributed by atoms with Crippen LogP contribution in [0.25, 0.3) is 0 Å². The van der Waals surface area contributed by atoms with E-state index in [0.29, 0.717) is 12.8 Å². The summed E-state index contributed by atoms with van der Waals surface area (Å²) in [5, 5.41) is 0. The molecule has 0 N–H and O–H groups in total. The van der Waals surface area contributed by atoms with E-state index in [2.05, 4.69) is 30.6 Å². The topological polar surface area (TPSA) is 42.0 Å². The average Bonchev–Trinajstić information content (AvgIpc) is 2.93. The summed E-state index contributed by atoms with van der Waals surface area (Å²) in [6.45, 7) is 10.1. The van der Waals surface area contributed by atoms with Crippen molar-refractivity contribution < 1.29 is 14.3 Å². The first-order chi connectivity index (χ1) is 9.90. The summed E-state index contributed by atoms with van der Waals surface area (Å²) >= 11 is 0. The molecule has 0 spiro atoms. The number of carbonyl (C=O) groups is 1. The number of carbonyl (C=O) groups excluding carboxylic acids is 1. The number of esters is 1. The maximum atomic E-state index is 11.9. The molecule has 0 aromatic rings. The zero-order chi connectivity index (χ0) is 15.5. The minimum absolute atomic E-state index is 0.0163. The Hall–Kier alpha value is -0.650. The van der Waals surface area contributed by atoms with E-state index in [1.54, 1.807) is 0 Å². The molecule has 0 aromatic heterocycles. The van der Waals surface area contributed by atoms with Gasteiger partial charge >= 0.3 is 5.97 Å². The van der Waals surface area contributed by atoms with E-state index in [4.69, 9.17) is 9.47 Å². The van der Waals surface area contributed by atoms with Gasteiger partial charge in [0.05, 0.1) is 19.4 Å². The second-order valence-electron chi connectivity index (χ2n) is 7.15. The molecule has 5 heteroatoms. The Bertz CT molecular complexity index is 346. The summed E-state index contributed by atoms with van der Waals surface area (Å²) in [6.07, 6.45) is 4.27. The van der Waals surface area contributed by atoms with Crippen molar-refractivity contribution in [3.63, 3.8) is 0 Å². The van der Waals surface area contributed by atoms with Gasteiger partial charge in [0, 0.05) is 19.1 Å². The molecule has 0 amide bonds. The molecular weight excluding hydrogens is 268 g/mol. The molecule has 2 rings (SSSR count). The van der Waals surface area contributed by atoms with Crippen LogP contribution in [-0.4, -0.2) is 66.9 Å². The van der Waals surface area contributed by atoms with Gasteiger partial charge in [-0.1, -0.05) is 0 Å². The molecule has 0 radical (unpaired) electrons. The van der Waals surface area contributed by atoms with Gasteiger partial charge in [0.25, 0.3) is 0 Å². The number of hydrogen-bond acceptors (Lipinski definition) is 5. The van der Waals surface area contributed by atoms with Crippen LogP contribution in [0.3, 0.4) is 0 Å². The largest absolute Gasteiger partial charge is 0.468 e. The van der Waals surface area contributed by atoms with Crippen LogP contribution in [0.5, 0.6) is 0 Å². The first kappa shape index (κ1) is 16.7. The quantitative estimate of drug-likeness (QED) is 0.741. The molecule has 0 aliphatic carbocycles. The maximum absolute atomic E-state index is 11.9. The average molecular weight is 298 g/mol. The molecule has 21 heavy (non-hydrogen) atoms. The van der Waals surface area contributed by atoms with E-state index < -0.39 is 0 Å². The number of methoxy groups -OCH3 is 1. The number of nitrogens with zero attached hydrogens (tertiary/aromatic N) is 2. The van der Waals surface area contributed by atoms with Crippen molar-refractivity contribution in [3.05, 3.63) is 0 Å².